The molecule has 0 radical (unpaired) electrons. The lowest BCUT2D eigenvalue weighted by Crippen LogP contribution is -2.67. The predicted molar refractivity (Wildman–Crippen MR) is 124 cm³/mol. The maximum atomic E-state index is 14.0. The van der Waals surface area contributed by atoms with E-state index in [2.05, 4.69) is 0 Å². The third-order valence-electron chi connectivity index (χ3n) is 6.63. The molecule has 2 aliphatic heterocycles. The van der Waals surface area contributed by atoms with Gasteiger partial charge in [0, 0.05) is 23.2 Å². The summed E-state index contributed by atoms with van der Waals surface area (Å²) in [4.78, 5) is 30.7. The standard InChI is InChI=1S/C27H26N2O3/c1-17-9-12-20(13-10-17)25(30)28-23-16-27(4,32-24-8-6-5-7-22(23)24)29(26(28)31)21-14-11-18(2)19(3)15-21/h5-15,23H,16H2,1-4H3. The van der Waals surface area contributed by atoms with Gasteiger partial charge >= 0.3 is 6.03 Å². The van der Waals surface area contributed by atoms with Crippen LogP contribution in [0.4, 0.5) is 10.5 Å². The van der Waals surface area contributed by atoms with Crippen LogP contribution in [-0.4, -0.2) is 22.6 Å². The fourth-order valence-corrected chi connectivity index (χ4v) is 4.72. The van der Waals surface area contributed by atoms with E-state index in [1.807, 2.05) is 82.3 Å². The summed E-state index contributed by atoms with van der Waals surface area (Å²) in [6.45, 7) is 7.96. The average Bonchev–Trinajstić information content (AvgIpc) is 2.76. The van der Waals surface area contributed by atoms with Crippen LogP contribution in [0.15, 0.2) is 66.7 Å². The summed E-state index contributed by atoms with van der Waals surface area (Å²) in [5.41, 5.74) is 4.46. The van der Waals surface area contributed by atoms with E-state index in [9.17, 15) is 9.59 Å². The van der Waals surface area contributed by atoms with Crippen molar-refractivity contribution in [3.05, 3.63) is 94.5 Å². The molecule has 5 rings (SSSR count). The van der Waals surface area contributed by atoms with Crippen molar-refractivity contribution in [1.29, 1.82) is 0 Å². The van der Waals surface area contributed by atoms with Gasteiger partial charge in [-0.1, -0.05) is 42.0 Å². The summed E-state index contributed by atoms with van der Waals surface area (Å²) in [7, 11) is 0. The highest BCUT2D eigenvalue weighted by Crippen LogP contribution is 2.49. The number of urea groups is 1. The molecular weight excluding hydrogens is 400 g/mol. The largest absolute Gasteiger partial charge is 0.467 e. The Morgan fingerprint density at radius 3 is 2.41 bits per heavy atom. The van der Waals surface area contributed by atoms with Gasteiger partial charge in [-0.2, -0.15) is 0 Å². The van der Waals surface area contributed by atoms with Crippen molar-refractivity contribution in [2.75, 3.05) is 4.90 Å². The van der Waals surface area contributed by atoms with Gasteiger partial charge in [-0.3, -0.25) is 14.6 Å². The molecule has 162 valence electrons. The van der Waals surface area contributed by atoms with Crippen LogP contribution in [0.2, 0.25) is 0 Å². The van der Waals surface area contributed by atoms with E-state index in [1.165, 1.54) is 4.90 Å². The first-order valence-corrected chi connectivity index (χ1v) is 10.9. The van der Waals surface area contributed by atoms with Crippen LogP contribution in [0, 0.1) is 20.8 Å². The molecule has 0 aromatic heterocycles. The average molecular weight is 427 g/mol. The third-order valence-corrected chi connectivity index (χ3v) is 6.63. The zero-order valence-corrected chi connectivity index (χ0v) is 18.8. The van der Waals surface area contributed by atoms with Crippen LogP contribution in [0.3, 0.4) is 0 Å². The Morgan fingerprint density at radius 2 is 1.69 bits per heavy atom. The van der Waals surface area contributed by atoms with Gasteiger partial charge in [0.1, 0.15) is 5.75 Å². The molecule has 0 N–H and O–H groups in total. The predicted octanol–water partition coefficient (Wildman–Crippen LogP) is 5.93. The van der Waals surface area contributed by atoms with Crippen molar-refractivity contribution < 1.29 is 14.3 Å². The minimum Gasteiger partial charge on any atom is -0.467 e. The van der Waals surface area contributed by atoms with Crippen LogP contribution in [-0.2, 0) is 0 Å². The van der Waals surface area contributed by atoms with Crippen molar-refractivity contribution in [2.45, 2.75) is 45.9 Å². The molecule has 5 nitrogen and oxygen atoms in total. The van der Waals surface area contributed by atoms with E-state index in [4.69, 9.17) is 4.74 Å². The summed E-state index contributed by atoms with van der Waals surface area (Å²) >= 11 is 0. The number of para-hydroxylation sites is 1. The summed E-state index contributed by atoms with van der Waals surface area (Å²) in [5.74, 6) is 0.405. The molecule has 1 saturated heterocycles. The van der Waals surface area contributed by atoms with Crippen LogP contribution in [0.5, 0.6) is 5.75 Å². The van der Waals surface area contributed by atoms with Gasteiger partial charge in [-0.25, -0.2) is 4.79 Å². The van der Waals surface area contributed by atoms with Crippen LogP contribution >= 0.6 is 0 Å². The minimum atomic E-state index is -0.901. The molecule has 3 aromatic rings. The van der Waals surface area contributed by atoms with Crippen molar-refractivity contribution >= 4 is 17.6 Å². The number of hydrogen-bond donors (Lipinski definition) is 0. The van der Waals surface area contributed by atoms with E-state index in [1.54, 1.807) is 17.0 Å². The molecule has 2 bridgehead atoms. The van der Waals surface area contributed by atoms with Gasteiger partial charge in [0.05, 0.1) is 6.04 Å². The lowest BCUT2D eigenvalue weighted by atomic mass is 9.88. The number of amides is 3. The molecule has 1 fully saturated rings. The van der Waals surface area contributed by atoms with E-state index in [0.717, 1.165) is 27.9 Å². The number of anilines is 1. The number of carbonyl (C=O) groups is 2. The van der Waals surface area contributed by atoms with Gasteiger partial charge in [-0.05, 0) is 69.2 Å². The Hall–Kier alpha value is -3.60. The fraction of sp³-hybridized carbons (Fsp3) is 0.259. The van der Waals surface area contributed by atoms with Gasteiger partial charge in [0.25, 0.3) is 5.91 Å². The zero-order valence-electron chi connectivity index (χ0n) is 18.8. The van der Waals surface area contributed by atoms with Gasteiger partial charge in [0.2, 0.25) is 0 Å². The molecule has 2 unspecified atom stereocenters. The second kappa shape index (κ2) is 7.23. The van der Waals surface area contributed by atoms with E-state index >= 15 is 0 Å². The highest BCUT2D eigenvalue weighted by atomic mass is 16.5. The molecule has 3 aromatic carbocycles. The van der Waals surface area contributed by atoms with E-state index in [-0.39, 0.29) is 11.9 Å². The Morgan fingerprint density at radius 1 is 0.969 bits per heavy atom. The molecular formula is C27H26N2O3. The first-order chi connectivity index (χ1) is 15.3. The molecule has 0 aliphatic carbocycles. The number of carbonyl (C=O) groups excluding carboxylic acids is 2. The molecule has 2 atom stereocenters. The van der Waals surface area contributed by atoms with Crippen molar-refractivity contribution in [1.82, 2.24) is 4.90 Å². The molecule has 0 spiro atoms. The fourth-order valence-electron chi connectivity index (χ4n) is 4.72. The summed E-state index contributed by atoms with van der Waals surface area (Å²) in [5, 5.41) is 0. The lowest BCUT2D eigenvalue weighted by molar-refractivity contribution is 0.00268. The van der Waals surface area contributed by atoms with Crippen molar-refractivity contribution in [3.8, 4) is 5.75 Å². The van der Waals surface area contributed by atoms with Gasteiger partial charge in [-0.15, -0.1) is 0 Å². The molecule has 2 aliphatic rings. The zero-order chi connectivity index (χ0) is 22.6. The monoisotopic (exact) mass is 426 g/mol. The van der Waals surface area contributed by atoms with Crippen LogP contribution in [0.25, 0.3) is 0 Å². The third kappa shape index (κ3) is 3.08. The number of imide groups is 1. The maximum absolute atomic E-state index is 14.0. The number of fused-ring (bicyclic) bond motifs is 4. The minimum absolute atomic E-state index is 0.299. The second-order valence-electron chi connectivity index (χ2n) is 8.96. The topological polar surface area (TPSA) is 49.9 Å². The Kier molecular flexibility index (Phi) is 4.59. The van der Waals surface area contributed by atoms with E-state index < -0.39 is 11.8 Å². The van der Waals surface area contributed by atoms with E-state index in [0.29, 0.717) is 17.7 Å². The van der Waals surface area contributed by atoms with Crippen molar-refractivity contribution in [3.63, 3.8) is 0 Å². The van der Waals surface area contributed by atoms with Gasteiger partial charge < -0.3 is 4.74 Å². The highest BCUT2D eigenvalue weighted by molar-refractivity contribution is 6.10. The normalized spacial score (nSPS) is 21.8. The van der Waals surface area contributed by atoms with Crippen LogP contribution in [0.1, 0.15) is 52.0 Å². The summed E-state index contributed by atoms with van der Waals surface area (Å²) in [6, 6.07) is 20.2. The number of nitrogens with zero attached hydrogens (tertiary/aromatic N) is 2. The summed E-state index contributed by atoms with van der Waals surface area (Å²) in [6.07, 6.45) is 0.486. The highest BCUT2D eigenvalue weighted by Gasteiger charge is 2.55. The number of ether oxygens (including phenoxy) is 1. The van der Waals surface area contributed by atoms with Crippen LogP contribution < -0.4 is 9.64 Å². The number of rotatable bonds is 2. The number of hydrogen-bond acceptors (Lipinski definition) is 3. The smallest absolute Gasteiger partial charge is 0.335 e. The Bertz CT molecular complexity index is 1230. The Balaban J connectivity index is 1.67. The lowest BCUT2D eigenvalue weighted by Gasteiger charge is -2.53. The number of aryl methyl sites for hydroxylation is 3. The maximum Gasteiger partial charge on any atom is 0.335 e. The second-order valence-corrected chi connectivity index (χ2v) is 8.96. The number of benzene rings is 3. The summed E-state index contributed by atoms with van der Waals surface area (Å²) < 4.78 is 6.41. The SMILES string of the molecule is Cc1ccc(C(=O)N2C(=O)N(c3ccc(C)c(C)c3)C3(C)CC2c2ccccc2O3)cc1. The quantitative estimate of drug-likeness (QED) is 0.510. The molecule has 3 amide bonds. The first-order valence-electron chi connectivity index (χ1n) is 10.9. The molecule has 0 saturated carbocycles. The Labute approximate surface area is 188 Å². The van der Waals surface area contributed by atoms with Crippen molar-refractivity contribution in [2.24, 2.45) is 0 Å². The first kappa shape index (κ1) is 20.3. The molecule has 32 heavy (non-hydrogen) atoms. The molecule has 5 heteroatoms. The van der Waals surface area contributed by atoms with Gasteiger partial charge in [0.15, 0.2) is 5.72 Å². The molecule has 2 heterocycles.